The van der Waals surface area contributed by atoms with Gasteiger partial charge in [-0.05, 0) is 35.7 Å². The molecule has 94 valence electrons. The number of ether oxygens (including phenoxy) is 1. The number of hydrogen-bond donors (Lipinski definition) is 0. The minimum Gasteiger partial charge on any atom is -0.376 e. The highest BCUT2D eigenvalue weighted by Crippen LogP contribution is 2.29. The van der Waals surface area contributed by atoms with E-state index in [2.05, 4.69) is 37.7 Å². The summed E-state index contributed by atoms with van der Waals surface area (Å²) in [5.74, 6) is 0.836. The molecule has 0 bridgehead atoms. The van der Waals surface area contributed by atoms with Crippen molar-refractivity contribution in [3.05, 3.63) is 16.0 Å². The van der Waals surface area contributed by atoms with Gasteiger partial charge >= 0.3 is 0 Å². The summed E-state index contributed by atoms with van der Waals surface area (Å²) in [6.07, 6.45) is 4.05. The van der Waals surface area contributed by atoms with Gasteiger partial charge in [-0.3, -0.25) is 0 Å². The van der Waals surface area contributed by atoms with Crippen LogP contribution in [-0.4, -0.2) is 35.8 Å². The predicted molar refractivity (Wildman–Crippen MR) is 71.6 cm³/mol. The summed E-state index contributed by atoms with van der Waals surface area (Å²) in [7, 11) is 0. The normalized spacial score (nSPS) is 19.6. The summed E-state index contributed by atoms with van der Waals surface area (Å²) >= 11 is 9.41. The Hall–Kier alpha value is -0.390. The summed E-state index contributed by atoms with van der Waals surface area (Å²) in [6, 6.07) is 0. The van der Waals surface area contributed by atoms with Crippen molar-refractivity contribution in [3.8, 4) is 0 Å². The molecule has 1 aliphatic rings. The molecule has 1 aliphatic heterocycles. The fourth-order valence-corrected chi connectivity index (χ4v) is 2.54. The van der Waals surface area contributed by atoms with Crippen molar-refractivity contribution in [2.24, 2.45) is 0 Å². The molecule has 1 aromatic rings. The molecule has 6 heteroatoms. The van der Waals surface area contributed by atoms with Gasteiger partial charge in [-0.1, -0.05) is 11.6 Å². The van der Waals surface area contributed by atoms with Gasteiger partial charge in [0, 0.05) is 19.7 Å². The smallest absolute Gasteiger partial charge is 0.148 e. The van der Waals surface area contributed by atoms with Crippen LogP contribution in [0.1, 0.15) is 19.8 Å². The van der Waals surface area contributed by atoms with Gasteiger partial charge < -0.3 is 9.64 Å². The van der Waals surface area contributed by atoms with E-state index in [1.165, 1.54) is 6.33 Å². The molecular formula is C11H15BrClN3O. The highest BCUT2D eigenvalue weighted by atomic mass is 79.9. The third-order valence-corrected chi connectivity index (χ3v) is 4.10. The van der Waals surface area contributed by atoms with Crippen molar-refractivity contribution in [2.75, 3.05) is 24.6 Å². The number of rotatable bonds is 4. The van der Waals surface area contributed by atoms with E-state index in [-0.39, 0.29) is 0 Å². The van der Waals surface area contributed by atoms with Gasteiger partial charge in [0.05, 0.1) is 10.6 Å². The molecule has 0 amide bonds. The fraction of sp³-hybridized carbons (Fsp3) is 0.636. The van der Waals surface area contributed by atoms with Gasteiger partial charge in [-0.25, -0.2) is 9.97 Å². The van der Waals surface area contributed by atoms with Crippen molar-refractivity contribution in [3.63, 3.8) is 0 Å². The number of aromatic nitrogens is 2. The molecular weight excluding hydrogens is 305 g/mol. The largest absolute Gasteiger partial charge is 0.376 e. The average molecular weight is 321 g/mol. The van der Waals surface area contributed by atoms with Gasteiger partial charge in [0.2, 0.25) is 0 Å². The molecule has 2 heterocycles. The van der Waals surface area contributed by atoms with Crippen molar-refractivity contribution < 1.29 is 4.74 Å². The van der Waals surface area contributed by atoms with Crippen molar-refractivity contribution in [1.29, 1.82) is 0 Å². The number of anilines is 1. The molecule has 1 atom stereocenters. The molecule has 0 aromatic carbocycles. The summed E-state index contributed by atoms with van der Waals surface area (Å²) in [6.45, 7) is 4.68. The Labute approximate surface area is 114 Å². The maximum atomic E-state index is 5.98. The number of halogens is 2. The topological polar surface area (TPSA) is 38.2 Å². The fourth-order valence-electron chi connectivity index (χ4n) is 1.96. The SMILES string of the molecule is CCN(CC1CCCO1)c1ncnc(Cl)c1Br. The lowest BCUT2D eigenvalue weighted by Crippen LogP contribution is -2.33. The van der Waals surface area contributed by atoms with Crippen LogP contribution in [-0.2, 0) is 4.74 Å². The third kappa shape index (κ3) is 3.09. The van der Waals surface area contributed by atoms with E-state index in [1.807, 2.05) is 0 Å². The molecule has 1 saturated heterocycles. The van der Waals surface area contributed by atoms with Crippen molar-refractivity contribution >= 4 is 33.3 Å². The summed E-state index contributed by atoms with van der Waals surface area (Å²) < 4.78 is 6.39. The highest BCUT2D eigenvalue weighted by molar-refractivity contribution is 9.10. The molecule has 0 radical (unpaired) electrons. The Bertz CT molecular complexity index is 385. The quantitative estimate of drug-likeness (QED) is 0.800. The zero-order chi connectivity index (χ0) is 12.3. The van der Waals surface area contributed by atoms with E-state index in [4.69, 9.17) is 16.3 Å². The van der Waals surface area contributed by atoms with Crippen LogP contribution in [0.15, 0.2) is 10.8 Å². The second kappa shape index (κ2) is 5.98. The summed E-state index contributed by atoms with van der Waals surface area (Å²) in [4.78, 5) is 10.4. The van der Waals surface area contributed by atoms with Crippen molar-refractivity contribution in [2.45, 2.75) is 25.9 Å². The Morgan fingerprint density at radius 2 is 2.41 bits per heavy atom. The van der Waals surface area contributed by atoms with E-state index >= 15 is 0 Å². The molecule has 17 heavy (non-hydrogen) atoms. The first-order valence-electron chi connectivity index (χ1n) is 5.75. The van der Waals surface area contributed by atoms with Crippen LogP contribution in [0.2, 0.25) is 5.15 Å². The molecule has 1 fully saturated rings. The molecule has 0 spiro atoms. The summed E-state index contributed by atoms with van der Waals surface area (Å²) in [5.41, 5.74) is 0. The number of hydrogen-bond acceptors (Lipinski definition) is 4. The molecule has 2 rings (SSSR count). The standard InChI is InChI=1S/C11H15BrClN3O/c1-2-16(6-8-4-3-5-17-8)11-9(12)10(13)14-7-15-11/h7-8H,2-6H2,1H3. The minimum absolute atomic E-state index is 0.301. The third-order valence-electron chi connectivity index (χ3n) is 2.86. The Balaban J connectivity index is 2.13. The van der Waals surface area contributed by atoms with E-state index in [0.29, 0.717) is 11.3 Å². The summed E-state index contributed by atoms with van der Waals surface area (Å²) in [5, 5.41) is 0.445. The zero-order valence-corrected chi connectivity index (χ0v) is 12.0. The van der Waals surface area contributed by atoms with Crippen LogP contribution in [0, 0.1) is 0 Å². The second-order valence-electron chi connectivity index (χ2n) is 3.98. The van der Waals surface area contributed by atoms with Gasteiger partial charge in [0.25, 0.3) is 0 Å². The Kier molecular flexibility index (Phi) is 4.59. The van der Waals surface area contributed by atoms with Crippen LogP contribution in [0.3, 0.4) is 0 Å². The van der Waals surface area contributed by atoms with Gasteiger partial charge in [0.1, 0.15) is 17.3 Å². The Morgan fingerprint density at radius 3 is 3.06 bits per heavy atom. The van der Waals surface area contributed by atoms with E-state index in [1.54, 1.807) is 0 Å². The maximum Gasteiger partial charge on any atom is 0.148 e. The molecule has 0 N–H and O–H groups in total. The zero-order valence-electron chi connectivity index (χ0n) is 9.70. The lowest BCUT2D eigenvalue weighted by molar-refractivity contribution is 0.115. The first-order chi connectivity index (χ1) is 8.22. The molecule has 0 aliphatic carbocycles. The van der Waals surface area contributed by atoms with Gasteiger partial charge in [0.15, 0.2) is 0 Å². The first-order valence-corrected chi connectivity index (χ1v) is 6.92. The maximum absolute atomic E-state index is 5.98. The van der Waals surface area contributed by atoms with E-state index in [9.17, 15) is 0 Å². The van der Waals surface area contributed by atoms with Crippen LogP contribution >= 0.6 is 27.5 Å². The van der Waals surface area contributed by atoms with Gasteiger partial charge in [-0.15, -0.1) is 0 Å². The van der Waals surface area contributed by atoms with Crippen LogP contribution in [0.25, 0.3) is 0 Å². The van der Waals surface area contributed by atoms with Crippen molar-refractivity contribution in [1.82, 2.24) is 9.97 Å². The lowest BCUT2D eigenvalue weighted by Gasteiger charge is -2.25. The monoisotopic (exact) mass is 319 g/mol. The molecule has 4 nitrogen and oxygen atoms in total. The molecule has 1 aromatic heterocycles. The minimum atomic E-state index is 0.301. The highest BCUT2D eigenvalue weighted by Gasteiger charge is 2.21. The van der Waals surface area contributed by atoms with Crippen LogP contribution < -0.4 is 4.90 Å². The molecule has 1 unspecified atom stereocenters. The Morgan fingerprint density at radius 1 is 1.59 bits per heavy atom. The van der Waals surface area contributed by atoms with E-state index < -0.39 is 0 Å². The van der Waals surface area contributed by atoms with Crippen LogP contribution in [0.5, 0.6) is 0 Å². The van der Waals surface area contributed by atoms with Crippen LogP contribution in [0.4, 0.5) is 5.82 Å². The first kappa shape index (κ1) is 13.1. The molecule has 0 saturated carbocycles. The van der Waals surface area contributed by atoms with Gasteiger partial charge in [-0.2, -0.15) is 0 Å². The average Bonchev–Trinajstić information content (AvgIpc) is 2.83. The van der Waals surface area contributed by atoms with E-state index in [0.717, 1.165) is 42.8 Å². The number of likely N-dealkylation sites (N-methyl/N-ethyl adjacent to an activating group) is 1. The second-order valence-corrected chi connectivity index (χ2v) is 5.13. The number of nitrogens with zero attached hydrogens (tertiary/aromatic N) is 3. The lowest BCUT2D eigenvalue weighted by atomic mass is 10.2. The predicted octanol–water partition coefficient (Wildman–Crippen LogP) is 2.90.